The molecule has 0 radical (unpaired) electrons. The van der Waals surface area contributed by atoms with Crippen molar-refractivity contribution in [2.75, 3.05) is 13.1 Å². The van der Waals surface area contributed by atoms with E-state index in [1.165, 1.54) is 6.07 Å². The van der Waals surface area contributed by atoms with E-state index in [1.807, 2.05) is 0 Å². The number of nitrogens with zero attached hydrogens (tertiary/aromatic N) is 4. The van der Waals surface area contributed by atoms with Gasteiger partial charge in [0.15, 0.2) is 0 Å². The fraction of sp³-hybridized carbons (Fsp3) is 0.333. The zero-order valence-corrected chi connectivity index (χ0v) is 15.3. The molecule has 1 aliphatic heterocycles. The van der Waals surface area contributed by atoms with Crippen molar-refractivity contribution in [1.29, 1.82) is 0 Å². The van der Waals surface area contributed by atoms with Gasteiger partial charge in [-0.05, 0) is 24.3 Å². The lowest BCUT2D eigenvalue weighted by atomic mass is 10.1. The van der Waals surface area contributed by atoms with E-state index in [0.717, 1.165) is 29.5 Å². The first kappa shape index (κ1) is 18.6. The molecule has 10 heteroatoms. The Balaban J connectivity index is 1.34. The number of benzene rings is 1. The number of fused-ring (bicyclic) bond motifs is 1. The molecule has 0 bridgehead atoms. The van der Waals surface area contributed by atoms with E-state index in [-0.39, 0.29) is 17.9 Å². The molecule has 1 aromatic carbocycles. The first-order valence-electron chi connectivity index (χ1n) is 8.62. The summed E-state index contributed by atoms with van der Waals surface area (Å²) < 4.78 is 51.7. The quantitative estimate of drug-likeness (QED) is 0.660. The third kappa shape index (κ3) is 3.91. The summed E-state index contributed by atoms with van der Waals surface area (Å²) in [6.07, 6.45) is -2.70. The Bertz CT molecular complexity index is 982. The summed E-state index contributed by atoms with van der Waals surface area (Å²) in [6.45, 7) is 0.995. The van der Waals surface area contributed by atoms with Gasteiger partial charge in [0.2, 0.25) is 5.88 Å². The summed E-state index contributed by atoms with van der Waals surface area (Å²) >= 11 is 1.10. The molecule has 3 aromatic rings. The molecule has 146 valence electrons. The highest BCUT2D eigenvalue weighted by atomic mass is 32.1. The highest BCUT2D eigenvalue weighted by Gasteiger charge is 2.31. The molecule has 0 atom stereocenters. The largest absolute Gasteiger partial charge is 0.474 e. The number of carbonyl (C=O) groups is 1. The average Bonchev–Trinajstić information content (AvgIpc) is 3.15. The fourth-order valence-corrected chi connectivity index (χ4v) is 3.58. The Morgan fingerprint density at radius 2 is 1.86 bits per heavy atom. The average molecular weight is 408 g/mol. The minimum absolute atomic E-state index is 0.0824. The van der Waals surface area contributed by atoms with Crippen LogP contribution in [0.2, 0.25) is 0 Å². The van der Waals surface area contributed by atoms with Gasteiger partial charge in [0, 0.05) is 43.8 Å². The zero-order chi connectivity index (χ0) is 19.7. The van der Waals surface area contributed by atoms with Crippen molar-refractivity contribution in [2.24, 2.45) is 0 Å². The van der Waals surface area contributed by atoms with Gasteiger partial charge in [-0.25, -0.2) is 4.98 Å². The van der Waals surface area contributed by atoms with Gasteiger partial charge in [-0.3, -0.25) is 4.79 Å². The standard InChI is InChI=1S/C18H15F3N4O2S/c19-18(20,21)12-2-4-16(22-10-12)27-13-5-7-25(8-6-13)17(26)11-1-3-14-15(9-11)24-28-23-14/h1-4,9-10,13H,5-8H2. The maximum absolute atomic E-state index is 12.7. The van der Waals surface area contributed by atoms with Gasteiger partial charge in [-0.2, -0.15) is 21.9 Å². The topological polar surface area (TPSA) is 68.2 Å². The first-order chi connectivity index (χ1) is 13.4. The molecular formula is C18H15F3N4O2S. The Kier molecular flexibility index (Phi) is 4.88. The number of hydrogen-bond donors (Lipinski definition) is 0. The molecule has 1 aliphatic rings. The number of ether oxygens (including phenoxy) is 1. The minimum Gasteiger partial charge on any atom is -0.474 e. The molecule has 2 aromatic heterocycles. The maximum Gasteiger partial charge on any atom is 0.417 e. The summed E-state index contributed by atoms with van der Waals surface area (Å²) in [5, 5.41) is 0. The van der Waals surface area contributed by atoms with Crippen LogP contribution in [0.1, 0.15) is 28.8 Å². The van der Waals surface area contributed by atoms with Crippen LogP contribution in [0.5, 0.6) is 5.88 Å². The molecule has 6 nitrogen and oxygen atoms in total. The van der Waals surface area contributed by atoms with Crippen LogP contribution >= 0.6 is 11.7 Å². The number of likely N-dealkylation sites (tertiary alicyclic amines) is 1. The van der Waals surface area contributed by atoms with E-state index in [0.29, 0.717) is 37.0 Å². The van der Waals surface area contributed by atoms with Crippen LogP contribution in [0.4, 0.5) is 13.2 Å². The van der Waals surface area contributed by atoms with E-state index in [1.54, 1.807) is 23.1 Å². The Morgan fingerprint density at radius 3 is 2.54 bits per heavy atom. The van der Waals surface area contributed by atoms with Gasteiger partial charge in [0.05, 0.1) is 17.3 Å². The van der Waals surface area contributed by atoms with E-state index in [2.05, 4.69) is 13.7 Å². The number of piperidine rings is 1. The number of hydrogen-bond acceptors (Lipinski definition) is 6. The number of pyridine rings is 1. The predicted molar refractivity (Wildman–Crippen MR) is 96.2 cm³/mol. The predicted octanol–water partition coefficient (Wildman–Crippen LogP) is 3.79. The Morgan fingerprint density at radius 1 is 1.11 bits per heavy atom. The van der Waals surface area contributed by atoms with Gasteiger partial charge >= 0.3 is 6.18 Å². The summed E-state index contributed by atoms with van der Waals surface area (Å²) in [4.78, 5) is 18.2. The van der Waals surface area contributed by atoms with Crippen LogP contribution in [-0.4, -0.2) is 43.7 Å². The van der Waals surface area contributed by atoms with Crippen molar-refractivity contribution in [3.05, 3.63) is 47.7 Å². The number of amides is 1. The van der Waals surface area contributed by atoms with Crippen molar-refractivity contribution in [3.8, 4) is 5.88 Å². The number of rotatable bonds is 3. The third-order valence-electron chi connectivity index (χ3n) is 4.58. The summed E-state index contributed by atoms with van der Waals surface area (Å²) in [5.74, 6) is 0.0697. The zero-order valence-electron chi connectivity index (χ0n) is 14.5. The van der Waals surface area contributed by atoms with Crippen LogP contribution in [-0.2, 0) is 6.18 Å². The molecule has 0 N–H and O–H groups in total. The van der Waals surface area contributed by atoms with Crippen LogP contribution in [0.3, 0.4) is 0 Å². The fourth-order valence-electron chi connectivity index (χ4n) is 3.06. The van der Waals surface area contributed by atoms with Gasteiger partial charge in [-0.15, -0.1) is 0 Å². The second-order valence-corrected chi connectivity index (χ2v) is 6.99. The van der Waals surface area contributed by atoms with Crippen molar-refractivity contribution < 1.29 is 22.7 Å². The lowest BCUT2D eigenvalue weighted by molar-refractivity contribution is -0.137. The molecule has 4 rings (SSSR count). The first-order valence-corrected chi connectivity index (χ1v) is 9.35. The number of halogens is 3. The molecule has 3 heterocycles. The highest BCUT2D eigenvalue weighted by molar-refractivity contribution is 7.00. The lowest BCUT2D eigenvalue weighted by Crippen LogP contribution is -2.41. The second-order valence-electron chi connectivity index (χ2n) is 6.46. The normalized spacial score (nSPS) is 15.8. The highest BCUT2D eigenvalue weighted by Crippen LogP contribution is 2.29. The van der Waals surface area contributed by atoms with Crippen LogP contribution < -0.4 is 4.74 Å². The molecule has 1 amide bonds. The van der Waals surface area contributed by atoms with Gasteiger partial charge in [0.25, 0.3) is 5.91 Å². The van der Waals surface area contributed by atoms with Gasteiger partial charge in [-0.1, -0.05) is 0 Å². The molecule has 0 saturated carbocycles. The molecule has 0 unspecified atom stereocenters. The molecular weight excluding hydrogens is 393 g/mol. The van der Waals surface area contributed by atoms with Crippen LogP contribution in [0, 0.1) is 0 Å². The van der Waals surface area contributed by atoms with Gasteiger partial charge < -0.3 is 9.64 Å². The SMILES string of the molecule is O=C(c1ccc2nsnc2c1)N1CCC(Oc2ccc(C(F)(F)F)cn2)CC1. The number of alkyl halides is 3. The van der Waals surface area contributed by atoms with Crippen molar-refractivity contribution in [1.82, 2.24) is 18.6 Å². The summed E-state index contributed by atoms with van der Waals surface area (Å²) in [5.41, 5.74) is 1.21. The second kappa shape index (κ2) is 7.34. The maximum atomic E-state index is 12.7. The monoisotopic (exact) mass is 408 g/mol. The molecule has 1 fully saturated rings. The molecule has 0 aliphatic carbocycles. The van der Waals surface area contributed by atoms with Crippen LogP contribution in [0.15, 0.2) is 36.5 Å². The Labute approximate surface area is 162 Å². The Hall–Kier alpha value is -2.75. The minimum atomic E-state index is -4.42. The van der Waals surface area contributed by atoms with Crippen molar-refractivity contribution >= 4 is 28.7 Å². The number of carbonyl (C=O) groups excluding carboxylic acids is 1. The number of aromatic nitrogens is 3. The van der Waals surface area contributed by atoms with E-state index >= 15 is 0 Å². The summed E-state index contributed by atoms with van der Waals surface area (Å²) in [7, 11) is 0. The van der Waals surface area contributed by atoms with E-state index < -0.39 is 11.7 Å². The smallest absolute Gasteiger partial charge is 0.417 e. The molecule has 28 heavy (non-hydrogen) atoms. The molecule has 0 spiro atoms. The summed E-state index contributed by atoms with van der Waals surface area (Å²) in [6, 6.07) is 7.41. The van der Waals surface area contributed by atoms with Crippen molar-refractivity contribution in [3.63, 3.8) is 0 Å². The third-order valence-corrected chi connectivity index (χ3v) is 5.14. The van der Waals surface area contributed by atoms with E-state index in [9.17, 15) is 18.0 Å². The van der Waals surface area contributed by atoms with E-state index in [4.69, 9.17) is 4.74 Å². The van der Waals surface area contributed by atoms with Crippen molar-refractivity contribution in [2.45, 2.75) is 25.1 Å². The van der Waals surface area contributed by atoms with Crippen LogP contribution in [0.25, 0.3) is 11.0 Å². The van der Waals surface area contributed by atoms with Gasteiger partial charge in [0.1, 0.15) is 17.1 Å². The molecule has 1 saturated heterocycles. The lowest BCUT2D eigenvalue weighted by Gasteiger charge is -2.32.